The number of ether oxygens (including phenoxy) is 1. The van der Waals surface area contributed by atoms with Crippen molar-refractivity contribution in [1.82, 2.24) is 0 Å². The molecule has 1 aromatic rings. The molecule has 0 spiro atoms. The Labute approximate surface area is 106 Å². The molecule has 1 atom stereocenters. The minimum atomic E-state index is -4.63. The number of hydrogen-bond donors (Lipinski definition) is 0. The average molecular weight is 284 g/mol. The molecule has 1 unspecified atom stereocenters. The zero-order chi connectivity index (χ0) is 13.1. The summed E-state index contributed by atoms with van der Waals surface area (Å²) in [7, 11) is 0. The van der Waals surface area contributed by atoms with Crippen LogP contribution in [0.25, 0.3) is 0 Å². The van der Waals surface area contributed by atoms with E-state index in [4.69, 9.17) is 33.2 Å². The van der Waals surface area contributed by atoms with Crippen LogP contribution in [0.5, 0.6) is 5.75 Å². The van der Waals surface area contributed by atoms with Crippen LogP contribution in [-0.2, 0) is 0 Å². The molecule has 1 rings (SSSR count). The smallest absolute Gasteiger partial charge is 0.407 e. The molecule has 0 saturated heterocycles. The van der Waals surface area contributed by atoms with E-state index >= 15 is 0 Å². The van der Waals surface area contributed by atoms with Gasteiger partial charge >= 0.3 is 6.18 Å². The fourth-order valence-electron chi connectivity index (χ4n) is 0.966. The number of benzene rings is 1. The van der Waals surface area contributed by atoms with Gasteiger partial charge in [-0.1, -0.05) is 23.2 Å². The van der Waals surface area contributed by atoms with E-state index in [1.165, 1.54) is 18.2 Å². The van der Waals surface area contributed by atoms with Gasteiger partial charge in [0.2, 0.25) is 0 Å². The molecule has 0 aliphatic heterocycles. The summed E-state index contributed by atoms with van der Waals surface area (Å²) in [6.45, 7) is -0.819. The molecule has 92 valence electrons. The van der Waals surface area contributed by atoms with Gasteiger partial charge in [-0.15, -0.1) is 0 Å². The summed E-state index contributed by atoms with van der Waals surface area (Å²) in [5, 5.41) is 8.77. The van der Waals surface area contributed by atoms with E-state index in [0.717, 1.165) is 6.07 Å². The summed E-state index contributed by atoms with van der Waals surface area (Å²) in [5.74, 6) is -2.18. The van der Waals surface area contributed by atoms with Gasteiger partial charge in [-0.2, -0.15) is 18.4 Å². The number of hydrogen-bond acceptors (Lipinski definition) is 2. The predicted molar refractivity (Wildman–Crippen MR) is 57.1 cm³/mol. The average Bonchev–Trinajstić information content (AvgIpc) is 2.22. The number of nitriles is 1. The molecule has 0 aliphatic carbocycles. The molecule has 0 aromatic heterocycles. The van der Waals surface area contributed by atoms with Crippen LogP contribution in [0.3, 0.4) is 0 Å². The van der Waals surface area contributed by atoms with Crippen molar-refractivity contribution in [2.45, 2.75) is 6.18 Å². The van der Waals surface area contributed by atoms with Gasteiger partial charge in [-0.05, 0) is 12.1 Å². The summed E-state index contributed by atoms with van der Waals surface area (Å²) in [6.07, 6.45) is -4.63. The molecule has 0 bridgehead atoms. The summed E-state index contributed by atoms with van der Waals surface area (Å²) in [4.78, 5) is 0. The molecular weight excluding hydrogens is 278 g/mol. The van der Waals surface area contributed by atoms with Crippen molar-refractivity contribution in [2.75, 3.05) is 6.61 Å². The second-order valence-electron chi connectivity index (χ2n) is 3.11. The Morgan fingerprint density at radius 2 is 2.00 bits per heavy atom. The van der Waals surface area contributed by atoms with E-state index in [0.29, 0.717) is 0 Å². The van der Waals surface area contributed by atoms with Crippen molar-refractivity contribution in [1.29, 1.82) is 5.26 Å². The fourth-order valence-corrected chi connectivity index (χ4v) is 1.30. The van der Waals surface area contributed by atoms with E-state index in [1.54, 1.807) is 0 Å². The molecule has 0 radical (unpaired) electrons. The first kappa shape index (κ1) is 13.9. The third-order valence-corrected chi connectivity index (χ3v) is 2.40. The van der Waals surface area contributed by atoms with Crippen molar-refractivity contribution in [2.24, 2.45) is 5.92 Å². The highest BCUT2D eigenvalue weighted by molar-refractivity contribution is 6.34. The quantitative estimate of drug-likeness (QED) is 0.838. The van der Waals surface area contributed by atoms with Crippen LogP contribution in [0.15, 0.2) is 18.2 Å². The van der Waals surface area contributed by atoms with E-state index in [9.17, 15) is 13.2 Å². The molecule has 7 heteroatoms. The van der Waals surface area contributed by atoms with Crippen LogP contribution >= 0.6 is 23.2 Å². The van der Waals surface area contributed by atoms with Crippen LogP contribution in [0.2, 0.25) is 10.0 Å². The van der Waals surface area contributed by atoms with E-state index in [1.807, 2.05) is 0 Å². The molecule has 0 aliphatic rings. The first-order valence-electron chi connectivity index (χ1n) is 4.38. The van der Waals surface area contributed by atoms with E-state index in [-0.39, 0.29) is 15.8 Å². The maximum Gasteiger partial charge on any atom is 0.407 e. The molecule has 0 amide bonds. The number of rotatable bonds is 3. The SMILES string of the molecule is N#CC(COc1cc(Cl)ccc1Cl)C(F)(F)F. The van der Waals surface area contributed by atoms with Crippen LogP contribution in [0.4, 0.5) is 13.2 Å². The Bertz CT molecular complexity index is 442. The molecule has 2 nitrogen and oxygen atoms in total. The fraction of sp³-hybridized carbons (Fsp3) is 0.300. The minimum Gasteiger partial charge on any atom is -0.490 e. The van der Waals surface area contributed by atoms with Gasteiger partial charge in [-0.3, -0.25) is 0 Å². The van der Waals surface area contributed by atoms with Crippen molar-refractivity contribution in [3.63, 3.8) is 0 Å². The molecule has 17 heavy (non-hydrogen) atoms. The summed E-state index contributed by atoms with van der Waals surface area (Å²) in [6, 6.07) is 5.28. The third kappa shape index (κ3) is 3.99. The number of nitrogens with zero attached hydrogens (tertiary/aromatic N) is 1. The zero-order valence-corrected chi connectivity index (χ0v) is 9.77. The molecule has 1 aromatic carbocycles. The standard InChI is InChI=1S/C10H6Cl2F3NO/c11-7-1-2-8(12)9(3-7)17-5-6(4-16)10(13,14)15/h1-3,6H,5H2. The predicted octanol–water partition coefficient (Wildman–Crippen LogP) is 4.07. The zero-order valence-electron chi connectivity index (χ0n) is 8.26. The van der Waals surface area contributed by atoms with Crippen LogP contribution in [0, 0.1) is 17.2 Å². The monoisotopic (exact) mass is 283 g/mol. The summed E-state index contributed by atoms with van der Waals surface area (Å²) < 4.78 is 41.6. The van der Waals surface area contributed by atoms with Gasteiger partial charge in [0.05, 0.1) is 11.1 Å². The lowest BCUT2D eigenvalue weighted by molar-refractivity contribution is -0.165. The highest BCUT2D eigenvalue weighted by Crippen LogP contribution is 2.30. The summed E-state index contributed by atoms with van der Waals surface area (Å²) in [5.41, 5.74) is 0. The maximum absolute atomic E-state index is 12.2. The molecule has 0 fully saturated rings. The molecule has 0 saturated carbocycles. The van der Waals surface area contributed by atoms with E-state index in [2.05, 4.69) is 0 Å². The lowest BCUT2D eigenvalue weighted by Crippen LogP contribution is -2.27. The molecule has 0 N–H and O–H groups in total. The third-order valence-electron chi connectivity index (χ3n) is 1.85. The number of alkyl halides is 3. The van der Waals surface area contributed by atoms with Gasteiger partial charge < -0.3 is 4.74 Å². The van der Waals surface area contributed by atoms with E-state index < -0.39 is 18.7 Å². The summed E-state index contributed by atoms with van der Waals surface area (Å²) >= 11 is 11.3. The Kier molecular flexibility index (Phi) is 4.49. The Balaban J connectivity index is 2.73. The maximum atomic E-state index is 12.2. The highest BCUT2D eigenvalue weighted by atomic mass is 35.5. The van der Waals surface area contributed by atoms with Gasteiger partial charge in [0, 0.05) is 11.1 Å². The lowest BCUT2D eigenvalue weighted by Gasteiger charge is -2.14. The normalized spacial score (nSPS) is 12.9. The first-order valence-corrected chi connectivity index (χ1v) is 5.14. The van der Waals surface area contributed by atoms with Gasteiger partial charge in [0.25, 0.3) is 0 Å². The van der Waals surface area contributed by atoms with Crippen LogP contribution in [0.1, 0.15) is 0 Å². The Hall–Kier alpha value is -1.12. The highest BCUT2D eigenvalue weighted by Gasteiger charge is 2.40. The largest absolute Gasteiger partial charge is 0.490 e. The van der Waals surface area contributed by atoms with Crippen molar-refractivity contribution >= 4 is 23.2 Å². The van der Waals surface area contributed by atoms with Crippen molar-refractivity contribution in [3.8, 4) is 11.8 Å². The van der Waals surface area contributed by atoms with Gasteiger partial charge in [0.15, 0.2) is 5.92 Å². The van der Waals surface area contributed by atoms with Gasteiger partial charge in [0.1, 0.15) is 12.4 Å². The lowest BCUT2D eigenvalue weighted by atomic mass is 10.2. The van der Waals surface area contributed by atoms with Crippen molar-refractivity contribution < 1.29 is 17.9 Å². The second-order valence-corrected chi connectivity index (χ2v) is 3.95. The Morgan fingerprint density at radius 3 is 2.53 bits per heavy atom. The molecular formula is C10H6Cl2F3NO. The minimum absolute atomic E-state index is 0.0173. The first-order chi connectivity index (χ1) is 7.84. The topological polar surface area (TPSA) is 33.0 Å². The second kappa shape index (κ2) is 5.48. The van der Waals surface area contributed by atoms with Crippen molar-refractivity contribution in [3.05, 3.63) is 28.2 Å². The molecule has 0 heterocycles. The van der Waals surface area contributed by atoms with Crippen LogP contribution in [-0.4, -0.2) is 12.8 Å². The van der Waals surface area contributed by atoms with Gasteiger partial charge in [-0.25, -0.2) is 0 Å². The number of halogens is 5. The Morgan fingerprint density at radius 1 is 1.35 bits per heavy atom. The van der Waals surface area contributed by atoms with Crippen LogP contribution < -0.4 is 4.74 Å².